The molecule has 2 aliphatic rings. The first-order chi connectivity index (χ1) is 12.2. The van der Waals surface area contributed by atoms with Gasteiger partial charge in [0.15, 0.2) is 5.82 Å². The zero-order chi connectivity index (χ0) is 17.2. The third kappa shape index (κ3) is 4.09. The van der Waals surface area contributed by atoms with E-state index < -0.39 is 0 Å². The Morgan fingerprint density at radius 2 is 2.08 bits per heavy atom. The van der Waals surface area contributed by atoms with Gasteiger partial charge in [-0.25, -0.2) is 0 Å². The van der Waals surface area contributed by atoms with Crippen molar-refractivity contribution in [2.75, 3.05) is 0 Å². The van der Waals surface area contributed by atoms with Crippen molar-refractivity contribution in [1.29, 1.82) is 0 Å². The van der Waals surface area contributed by atoms with Crippen LogP contribution < -0.4 is 5.32 Å². The zero-order valence-electron chi connectivity index (χ0n) is 14.6. The fourth-order valence-corrected chi connectivity index (χ4v) is 3.44. The molecule has 132 valence electrons. The maximum atomic E-state index is 12.4. The molecule has 2 aliphatic carbocycles. The fraction of sp³-hybridized carbons (Fsp3) is 0.550. The summed E-state index contributed by atoms with van der Waals surface area (Å²) in [6, 6.07) is 10.4. The normalized spacial score (nSPS) is 23.2. The predicted molar refractivity (Wildman–Crippen MR) is 93.8 cm³/mol. The SMILES string of the molecule is C[C@H]1C[C@H]1[C@H](NC(=O)CCCc1nc(C2CC2)no1)c1ccccc1. The molecule has 0 radical (unpaired) electrons. The Bertz CT molecular complexity index is 724. The maximum Gasteiger partial charge on any atom is 0.226 e. The van der Waals surface area contributed by atoms with E-state index in [4.69, 9.17) is 4.52 Å². The van der Waals surface area contributed by atoms with Gasteiger partial charge in [0.05, 0.1) is 6.04 Å². The van der Waals surface area contributed by atoms with Crippen molar-refractivity contribution in [3.8, 4) is 0 Å². The van der Waals surface area contributed by atoms with Crippen LogP contribution >= 0.6 is 0 Å². The highest BCUT2D eigenvalue weighted by atomic mass is 16.5. The topological polar surface area (TPSA) is 68.0 Å². The largest absolute Gasteiger partial charge is 0.349 e. The Hall–Kier alpha value is -2.17. The number of hydrogen-bond donors (Lipinski definition) is 1. The lowest BCUT2D eigenvalue weighted by molar-refractivity contribution is -0.122. The molecule has 2 fully saturated rings. The van der Waals surface area contributed by atoms with Crippen LogP contribution in [0.1, 0.15) is 68.3 Å². The molecule has 1 amide bonds. The standard InChI is InChI=1S/C20H25N3O2/c1-13-12-16(13)19(14-6-3-2-4-7-14)21-17(24)8-5-9-18-22-20(23-25-18)15-10-11-15/h2-4,6-7,13,15-16,19H,5,8-12H2,1H3,(H,21,24)/t13-,16+,19+/m0/s1. The fourth-order valence-electron chi connectivity index (χ4n) is 3.44. The molecule has 0 saturated heterocycles. The first-order valence-corrected chi connectivity index (χ1v) is 9.37. The van der Waals surface area contributed by atoms with E-state index in [2.05, 4.69) is 34.5 Å². The van der Waals surface area contributed by atoms with Crippen molar-refractivity contribution in [1.82, 2.24) is 15.5 Å². The number of benzene rings is 1. The monoisotopic (exact) mass is 339 g/mol. The van der Waals surface area contributed by atoms with E-state index in [1.54, 1.807) is 0 Å². The number of carbonyl (C=O) groups excluding carboxylic acids is 1. The number of nitrogens with zero attached hydrogens (tertiary/aromatic N) is 2. The second kappa shape index (κ2) is 6.98. The minimum atomic E-state index is 0.106. The highest BCUT2D eigenvalue weighted by Crippen LogP contribution is 2.47. The molecule has 0 bridgehead atoms. The van der Waals surface area contributed by atoms with Crippen LogP contribution in [0.3, 0.4) is 0 Å². The van der Waals surface area contributed by atoms with E-state index in [9.17, 15) is 4.79 Å². The molecule has 1 heterocycles. The minimum absolute atomic E-state index is 0.106. The van der Waals surface area contributed by atoms with Crippen LogP contribution in [0, 0.1) is 11.8 Å². The van der Waals surface area contributed by atoms with E-state index in [0.29, 0.717) is 36.5 Å². The smallest absolute Gasteiger partial charge is 0.226 e. The van der Waals surface area contributed by atoms with Gasteiger partial charge in [-0.15, -0.1) is 0 Å². The average molecular weight is 339 g/mol. The maximum absolute atomic E-state index is 12.4. The number of amides is 1. The van der Waals surface area contributed by atoms with Gasteiger partial charge in [-0.05, 0) is 43.1 Å². The second-order valence-corrected chi connectivity index (χ2v) is 7.51. The molecule has 5 nitrogen and oxygen atoms in total. The summed E-state index contributed by atoms with van der Waals surface area (Å²) >= 11 is 0. The minimum Gasteiger partial charge on any atom is -0.349 e. The van der Waals surface area contributed by atoms with Crippen molar-refractivity contribution < 1.29 is 9.32 Å². The van der Waals surface area contributed by atoms with Gasteiger partial charge in [-0.2, -0.15) is 4.98 Å². The van der Waals surface area contributed by atoms with E-state index >= 15 is 0 Å². The number of nitrogens with one attached hydrogen (secondary N) is 1. The molecule has 25 heavy (non-hydrogen) atoms. The number of hydrogen-bond acceptors (Lipinski definition) is 4. The lowest BCUT2D eigenvalue weighted by Crippen LogP contribution is -2.30. The molecule has 0 unspecified atom stereocenters. The summed E-state index contributed by atoms with van der Waals surface area (Å²) in [5, 5.41) is 7.26. The van der Waals surface area contributed by atoms with Gasteiger partial charge in [-0.3, -0.25) is 4.79 Å². The number of aryl methyl sites for hydroxylation is 1. The molecule has 1 aromatic carbocycles. The predicted octanol–water partition coefficient (Wildman–Crippen LogP) is 3.78. The van der Waals surface area contributed by atoms with Crippen LogP contribution in [0.4, 0.5) is 0 Å². The van der Waals surface area contributed by atoms with Gasteiger partial charge in [0.2, 0.25) is 11.8 Å². The van der Waals surface area contributed by atoms with E-state index in [0.717, 1.165) is 12.2 Å². The van der Waals surface area contributed by atoms with Crippen LogP contribution in [0.2, 0.25) is 0 Å². The molecule has 2 aromatic rings. The summed E-state index contributed by atoms with van der Waals surface area (Å²) < 4.78 is 5.27. The van der Waals surface area contributed by atoms with Crippen LogP contribution in [0.15, 0.2) is 34.9 Å². The molecule has 5 heteroatoms. The Morgan fingerprint density at radius 1 is 1.32 bits per heavy atom. The van der Waals surface area contributed by atoms with E-state index in [-0.39, 0.29) is 11.9 Å². The Labute approximate surface area is 148 Å². The number of aromatic nitrogens is 2. The number of rotatable bonds is 8. The molecule has 1 aromatic heterocycles. The summed E-state index contributed by atoms with van der Waals surface area (Å²) in [7, 11) is 0. The van der Waals surface area contributed by atoms with Gasteiger partial charge in [0.25, 0.3) is 0 Å². The van der Waals surface area contributed by atoms with Gasteiger partial charge in [0.1, 0.15) is 0 Å². The summed E-state index contributed by atoms with van der Waals surface area (Å²) in [6.45, 7) is 2.25. The molecule has 1 N–H and O–H groups in total. The van der Waals surface area contributed by atoms with Crippen LogP contribution in [-0.2, 0) is 11.2 Å². The summed E-state index contributed by atoms with van der Waals surface area (Å²) in [4.78, 5) is 16.8. The van der Waals surface area contributed by atoms with Crippen molar-refractivity contribution >= 4 is 5.91 Å². The quantitative estimate of drug-likeness (QED) is 0.794. The molecule has 0 spiro atoms. The molecule has 0 aliphatic heterocycles. The summed E-state index contributed by atoms with van der Waals surface area (Å²) in [5.41, 5.74) is 1.20. The highest BCUT2D eigenvalue weighted by Gasteiger charge is 2.40. The Balaban J connectivity index is 1.28. The highest BCUT2D eigenvalue weighted by molar-refractivity contribution is 5.76. The molecule has 2 saturated carbocycles. The van der Waals surface area contributed by atoms with Crippen LogP contribution in [-0.4, -0.2) is 16.0 Å². The van der Waals surface area contributed by atoms with E-state index in [1.807, 2.05) is 18.2 Å². The molecular weight excluding hydrogens is 314 g/mol. The van der Waals surface area contributed by atoms with Gasteiger partial charge < -0.3 is 9.84 Å². The van der Waals surface area contributed by atoms with Crippen LogP contribution in [0.25, 0.3) is 0 Å². The van der Waals surface area contributed by atoms with Crippen molar-refractivity contribution in [2.24, 2.45) is 11.8 Å². The average Bonchev–Trinajstić information content (AvgIpc) is 3.54. The van der Waals surface area contributed by atoms with E-state index in [1.165, 1.54) is 24.8 Å². The zero-order valence-corrected chi connectivity index (χ0v) is 14.6. The molecular formula is C20H25N3O2. The lowest BCUT2D eigenvalue weighted by Gasteiger charge is -2.19. The van der Waals surface area contributed by atoms with Gasteiger partial charge in [0, 0.05) is 18.8 Å². The van der Waals surface area contributed by atoms with Gasteiger partial charge in [-0.1, -0.05) is 42.4 Å². The van der Waals surface area contributed by atoms with Crippen molar-refractivity contribution in [2.45, 2.75) is 57.4 Å². The summed E-state index contributed by atoms with van der Waals surface area (Å²) in [5.74, 6) is 3.35. The first kappa shape index (κ1) is 16.3. The lowest BCUT2D eigenvalue weighted by atomic mass is 10.0. The first-order valence-electron chi connectivity index (χ1n) is 9.37. The summed E-state index contributed by atoms with van der Waals surface area (Å²) in [6.07, 6.45) is 5.42. The molecule has 4 rings (SSSR count). The Kier molecular flexibility index (Phi) is 4.55. The van der Waals surface area contributed by atoms with Crippen molar-refractivity contribution in [3.05, 3.63) is 47.6 Å². The molecule has 3 atom stereocenters. The Morgan fingerprint density at radius 3 is 2.76 bits per heavy atom. The third-order valence-corrected chi connectivity index (χ3v) is 5.30. The van der Waals surface area contributed by atoms with Crippen LogP contribution in [0.5, 0.6) is 0 Å². The third-order valence-electron chi connectivity index (χ3n) is 5.30. The number of carbonyl (C=O) groups is 1. The van der Waals surface area contributed by atoms with Gasteiger partial charge >= 0.3 is 0 Å². The van der Waals surface area contributed by atoms with Crippen molar-refractivity contribution in [3.63, 3.8) is 0 Å². The second-order valence-electron chi connectivity index (χ2n) is 7.51.